The molecule has 0 bridgehead atoms. The first-order valence-corrected chi connectivity index (χ1v) is 9.54. The van der Waals surface area contributed by atoms with Crippen molar-refractivity contribution in [3.63, 3.8) is 0 Å². The average molecular weight is 360 g/mol. The van der Waals surface area contributed by atoms with E-state index in [4.69, 9.17) is 4.74 Å². The fourth-order valence-corrected chi connectivity index (χ4v) is 3.46. The zero-order valence-corrected chi connectivity index (χ0v) is 15.5. The highest BCUT2D eigenvalue weighted by Gasteiger charge is 2.30. The van der Waals surface area contributed by atoms with Gasteiger partial charge in [-0.3, -0.25) is 4.79 Å². The van der Waals surface area contributed by atoms with Crippen LogP contribution >= 0.6 is 11.8 Å². The van der Waals surface area contributed by atoms with Crippen LogP contribution < -0.4 is 5.32 Å². The molecule has 1 aliphatic carbocycles. The van der Waals surface area contributed by atoms with Crippen molar-refractivity contribution < 1.29 is 9.53 Å². The van der Waals surface area contributed by atoms with Gasteiger partial charge in [0.2, 0.25) is 5.91 Å². The van der Waals surface area contributed by atoms with E-state index in [2.05, 4.69) is 32.2 Å². The van der Waals surface area contributed by atoms with E-state index in [1.165, 1.54) is 30.2 Å². The third-order valence-corrected chi connectivity index (χ3v) is 4.99. The molecule has 1 atom stereocenters. The molecule has 1 aromatic carbocycles. The summed E-state index contributed by atoms with van der Waals surface area (Å²) in [5.74, 6) is 1.86. The van der Waals surface area contributed by atoms with Gasteiger partial charge in [0.15, 0.2) is 5.16 Å². The third-order valence-electron chi connectivity index (χ3n) is 4.03. The number of rotatable bonds is 9. The molecule has 1 heterocycles. The van der Waals surface area contributed by atoms with Gasteiger partial charge in [0.25, 0.3) is 0 Å². The number of aromatic nitrogens is 3. The molecule has 6 nitrogen and oxygen atoms in total. The van der Waals surface area contributed by atoms with Gasteiger partial charge in [-0.2, -0.15) is 0 Å². The number of carbonyl (C=O) groups is 1. The molecule has 134 valence electrons. The lowest BCUT2D eigenvalue weighted by Crippen LogP contribution is -2.36. The summed E-state index contributed by atoms with van der Waals surface area (Å²) in [5.41, 5.74) is 1.21. The normalized spacial score (nSPS) is 15.1. The van der Waals surface area contributed by atoms with Gasteiger partial charge >= 0.3 is 0 Å². The third kappa shape index (κ3) is 5.06. The molecule has 1 fully saturated rings. The van der Waals surface area contributed by atoms with Gasteiger partial charge in [-0.1, -0.05) is 42.1 Å². The number of methoxy groups -OCH3 is 1. The zero-order chi connectivity index (χ0) is 17.6. The Labute approximate surface area is 152 Å². The second-order valence-corrected chi connectivity index (χ2v) is 7.34. The van der Waals surface area contributed by atoms with Gasteiger partial charge in [0, 0.05) is 19.1 Å². The molecule has 3 rings (SSSR count). The first-order chi connectivity index (χ1) is 12.2. The highest BCUT2D eigenvalue weighted by Crippen LogP contribution is 2.40. The summed E-state index contributed by atoms with van der Waals surface area (Å²) in [6, 6.07) is 10.3. The first kappa shape index (κ1) is 17.9. The molecule has 0 radical (unpaired) electrons. The molecule has 1 N–H and O–H groups in total. The molecule has 0 aliphatic heterocycles. The second kappa shape index (κ2) is 8.49. The minimum Gasteiger partial charge on any atom is -0.383 e. The summed E-state index contributed by atoms with van der Waals surface area (Å²) in [6.07, 6.45) is 2.35. The Morgan fingerprint density at radius 1 is 1.36 bits per heavy atom. The minimum absolute atomic E-state index is 0.00214. The molecule has 25 heavy (non-hydrogen) atoms. The van der Waals surface area contributed by atoms with E-state index in [-0.39, 0.29) is 11.9 Å². The van der Waals surface area contributed by atoms with Crippen LogP contribution in [-0.2, 0) is 16.1 Å². The Morgan fingerprint density at radius 2 is 2.12 bits per heavy atom. The minimum atomic E-state index is -0.0169. The van der Waals surface area contributed by atoms with Gasteiger partial charge in [-0.15, -0.1) is 10.2 Å². The van der Waals surface area contributed by atoms with Crippen molar-refractivity contribution in [2.24, 2.45) is 0 Å². The van der Waals surface area contributed by atoms with Gasteiger partial charge in [-0.25, -0.2) is 0 Å². The molecule has 1 amide bonds. The number of nitrogens with zero attached hydrogens (tertiary/aromatic N) is 3. The number of thioether (sulfide) groups is 1. The topological polar surface area (TPSA) is 69.0 Å². The summed E-state index contributed by atoms with van der Waals surface area (Å²) in [7, 11) is 1.63. The molecular formula is C18H24N4O2S. The number of ether oxygens (including phenoxy) is 1. The number of nitrogens with one attached hydrogen (secondary N) is 1. The molecular weight excluding hydrogens is 336 g/mol. The molecule has 0 saturated heterocycles. The van der Waals surface area contributed by atoms with E-state index >= 15 is 0 Å². The van der Waals surface area contributed by atoms with Crippen molar-refractivity contribution in [1.82, 2.24) is 20.1 Å². The molecule has 0 spiro atoms. The smallest absolute Gasteiger partial charge is 0.230 e. The molecule has 7 heteroatoms. The standard InChI is InChI=1S/C18H24N4O2S/c1-13(11-24-2)19-16(23)12-25-18-21-20-17(15-8-9-15)22(18)10-14-6-4-3-5-7-14/h3-7,13,15H,8-12H2,1-2H3,(H,19,23)/t13-/m1/s1. The van der Waals surface area contributed by atoms with E-state index in [1.807, 2.05) is 25.1 Å². The van der Waals surface area contributed by atoms with Crippen LogP contribution in [0.15, 0.2) is 35.5 Å². The predicted molar refractivity (Wildman–Crippen MR) is 97.7 cm³/mol. The molecule has 1 aromatic heterocycles. The van der Waals surface area contributed by atoms with Gasteiger partial charge in [0.1, 0.15) is 5.82 Å². The van der Waals surface area contributed by atoms with Crippen molar-refractivity contribution in [2.75, 3.05) is 19.5 Å². The average Bonchev–Trinajstić information content (AvgIpc) is 3.36. The Balaban J connectivity index is 1.66. The van der Waals surface area contributed by atoms with Crippen LogP contribution in [0.4, 0.5) is 0 Å². The Kier molecular flexibility index (Phi) is 6.09. The highest BCUT2D eigenvalue weighted by molar-refractivity contribution is 7.99. The lowest BCUT2D eigenvalue weighted by molar-refractivity contribution is -0.119. The number of benzene rings is 1. The van der Waals surface area contributed by atoms with Crippen molar-refractivity contribution in [3.05, 3.63) is 41.7 Å². The van der Waals surface area contributed by atoms with Crippen LogP contribution in [0.25, 0.3) is 0 Å². The quantitative estimate of drug-likeness (QED) is 0.696. The summed E-state index contributed by atoms with van der Waals surface area (Å²) >= 11 is 1.44. The van der Waals surface area contributed by atoms with Crippen LogP contribution in [0.5, 0.6) is 0 Å². The van der Waals surface area contributed by atoms with E-state index < -0.39 is 0 Å². The van der Waals surface area contributed by atoms with Gasteiger partial charge in [0.05, 0.1) is 18.9 Å². The van der Waals surface area contributed by atoms with Gasteiger partial charge < -0.3 is 14.6 Å². The molecule has 2 aromatic rings. The number of amides is 1. The monoisotopic (exact) mass is 360 g/mol. The van der Waals surface area contributed by atoms with E-state index in [9.17, 15) is 4.79 Å². The Morgan fingerprint density at radius 3 is 2.80 bits per heavy atom. The van der Waals surface area contributed by atoms with Crippen LogP contribution in [0.2, 0.25) is 0 Å². The SMILES string of the molecule is COC[C@@H](C)NC(=O)CSc1nnc(C2CC2)n1Cc1ccccc1. The van der Waals surface area contributed by atoms with Crippen molar-refractivity contribution in [3.8, 4) is 0 Å². The lowest BCUT2D eigenvalue weighted by Gasteiger charge is -2.13. The van der Waals surface area contributed by atoms with E-state index in [0.29, 0.717) is 18.3 Å². The first-order valence-electron chi connectivity index (χ1n) is 8.55. The fraction of sp³-hybridized carbons (Fsp3) is 0.500. The maximum atomic E-state index is 12.1. The van der Waals surface area contributed by atoms with Crippen LogP contribution in [0.1, 0.15) is 37.1 Å². The van der Waals surface area contributed by atoms with Crippen molar-refractivity contribution in [2.45, 2.75) is 43.4 Å². The molecule has 1 saturated carbocycles. The maximum Gasteiger partial charge on any atom is 0.230 e. The molecule has 1 aliphatic rings. The number of carbonyl (C=O) groups excluding carboxylic acids is 1. The fourth-order valence-electron chi connectivity index (χ4n) is 2.70. The second-order valence-electron chi connectivity index (χ2n) is 6.40. The van der Waals surface area contributed by atoms with Crippen LogP contribution in [0.3, 0.4) is 0 Å². The Hall–Kier alpha value is -1.86. The van der Waals surface area contributed by atoms with E-state index in [1.54, 1.807) is 7.11 Å². The zero-order valence-electron chi connectivity index (χ0n) is 14.6. The van der Waals surface area contributed by atoms with Crippen LogP contribution in [-0.4, -0.2) is 46.2 Å². The lowest BCUT2D eigenvalue weighted by atomic mass is 10.2. The highest BCUT2D eigenvalue weighted by atomic mass is 32.2. The summed E-state index contributed by atoms with van der Waals surface area (Å²) in [4.78, 5) is 12.1. The largest absolute Gasteiger partial charge is 0.383 e. The number of hydrogen-bond donors (Lipinski definition) is 1. The van der Waals surface area contributed by atoms with Gasteiger partial charge in [-0.05, 0) is 25.3 Å². The Bertz CT molecular complexity index is 700. The predicted octanol–water partition coefficient (Wildman–Crippen LogP) is 2.45. The van der Waals surface area contributed by atoms with Crippen LogP contribution in [0, 0.1) is 0 Å². The maximum absolute atomic E-state index is 12.1. The summed E-state index contributed by atoms with van der Waals surface area (Å²) < 4.78 is 7.20. The molecule has 0 unspecified atom stereocenters. The van der Waals surface area contributed by atoms with E-state index in [0.717, 1.165) is 17.5 Å². The summed E-state index contributed by atoms with van der Waals surface area (Å²) in [6.45, 7) is 3.17. The van der Waals surface area contributed by atoms with Crippen molar-refractivity contribution in [1.29, 1.82) is 0 Å². The van der Waals surface area contributed by atoms with Crippen molar-refractivity contribution >= 4 is 17.7 Å². The summed E-state index contributed by atoms with van der Waals surface area (Å²) in [5, 5.41) is 12.4. The number of hydrogen-bond acceptors (Lipinski definition) is 5.